The molecule has 1 aliphatic carbocycles. The summed E-state index contributed by atoms with van der Waals surface area (Å²) in [5.41, 5.74) is 1.56. The van der Waals surface area contributed by atoms with Crippen molar-refractivity contribution in [3.8, 4) is 0 Å². The second-order valence-corrected chi connectivity index (χ2v) is 7.42. The van der Waals surface area contributed by atoms with Crippen LogP contribution in [-0.4, -0.2) is 61.0 Å². The largest absolute Gasteiger partial charge is 0.354 e. The van der Waals surface area contributed by atoms with Gasteiger partial charge in [-0.3, -0.25) is 14.6 Å². The number of rotatable bonds is 4. The Morgan fingerprint density at radius 1 is 1.09 bits per heavy atom. The van der Waals surface area contributed by atoms with Gasteiger partial charge in [-0.1, -0.05) is 36.8 Å². The van der Waals surface area contributed by atoms with Gasteiger partial charge in [0.05, 0.1) is 0 Å². The summed E-state index contributed by atoms with van der Waals surface area (Å²) in [7, 11) is 0. The molecule has 124 valence electrons. The van der Waals surface area contributed by atoms with Crippen LogP contribution in [0.3, 0.4) is 0 Å². The Bertz CT molecular complexity index is 551. The van der Waals surface area contributed by atoms with Crippen LogP contribution in [0.1, 0.15) is 31.2 Å². The fourth-order valence-corrected chi connectivity index (χ4v) is 4.43. The van der Waals surface area contributed by atoms with E-state index < -0.39 is 0 Å². The fourth-order valence-electron chi connectivity index (χ4n) is 4.43. The number of piperazine rings is 1. The molecule has 2 unspecified atom stereocenters. The van der Waals surface area contributed by atoms with E-state index in [2.05, 4.69) is 45.4 Å². The van der Waals surface area contributed by atoms with Crippen molar-refractivity contribution >= 4 is 5.91 Å². The van der Waals surface area contributed by atoms with Gasteiger partial charge >= 0.3 is 0 Å². The van der Waals surface area contributed by atoms with E-state index in [9.17, 15) is 4.79 Å². The predicted octanol–water partition coefficient (Wildman–Crippen LogP) is 1.61. The van der Waals surface area contributed by atoms with E-state index in [0.29, 0.717) is 0 Å². The molecule has 1 aromatic carbocycles. The third-order valence-corrected chi connectivity index (χ3v) is 6.10. The molecule has 0 aromatic heterocycles. The summed E-state index contributed by atoms with van der Waals surface area (Å²) in [5.74, 6) is 0.235. The highest BCUT2D eigenvalue weighted by atomic mass is 16.2. The van der Waals surface area contributed by atoms with Crippen molar-refractivity contribution in [3.05, 3.63) is 35.9 Å². The molecule has 23 heavy (non-hydrogen) atoms. The summed E-state index contributed by atoms with van der Waals surface area (Å²) >= 11 is 0. The summed E-state index contributed by atoms with van der Waals surface area (Å²) in [6, 6.07) is 10.8. The first-order valence-corrected chi connectivity index (χ1v) is 9.07. The first kappa shape index (κ1) is 15.2. The molecule has 3 aliphatic heterocycles. The molecule has 1 amide bonds. The Morgan fingerprint density at radius 3 is 2.65 bits per heavy atom. The van der Waals surface area contributed by atoms with E-state index >= 15 is 0 Å². The average molecular weight is 313 g/mol. The van der Waals surface area contributed by atoms with E-state index in [4.69, 9.17) is 0 Å². The molecule has 1 aromatic rings. The van der Waals surface area contributed by atoms with Gasteiger partial charge in [0, 0.05) is 38.1 Å². The number of carbonyl (C=O) groups excluding carboxylic acids is 1. The van der Waals surface area contributed by atoms with Crippen molar-refractivity contribution in [2.45, 2.75) is 37.1 Å². The Labute approximate surface area is 138 Å². The summed E-state index contributed by atoms with van der Waals surface area (Å²) in [6.07, 6.45) is 4.85. The number of carbonyl (C=O) groups is 1. The van der Waals surface area contributed by atoms with Crippen LogP contribution in [0, 0.1) is 0 Å². The van der Waals surface area contributed by atoms with Crippen molar-refractivity contribution in [3.63, 3.8) is 0 Å². The third-order valence-electron chi connectivity index (χ3n) is 6.10. The Balaban J connectivity index is 1.41. The highest BCUT2D eigenvalue weighted by Crippen LogP contribution is 2.43. The van der Waals surface area contributed by atoms with Crippen LogP contribution >= 0.6 is 0 Å². The lowest BCUT2D eigenvalue weighted by molar-refractivity contribution is -0.128. The van der Waals surface area contributed by atoms with Crippen molar-refractivity contribution in [1.82, 2.24) is 15.1 Å². The number of benzene rings is 1. The number of fused-ring (bicyclic) bond motifs is 4. The van der Waals surface area contributed by atoms with Crippen LogP contribution < -0.4 is 5.32 Å². The molecule has 0 spiro atoms. The lowest BCUT2D eigenvalue weighted by Gasteiger charge is -2.43. The molecule has 3 saturated heterocycles. The smallest absolute Gasteiger partial charge is 0.238 e. The first-order chi connectivity index (χ1) is 11.3. The number of hydrogen-bond donors (Lipinski definition) is 1. The molecule has 5 rings (SSSR count). The SMILES string of the molecule is O=C(NCC1(c2ccccc2)CCC1)[C@@H]1CN2CCCN1CC2. The molecule has 2 bridgehead atoms. The maximum absolute atomic E-state index is 12.8. The average Bonchev–Trinajstić information content (AvgIpc) is 2.90. The van der Waals surface area contributed by atoms with Gasteiger partial charge in [0.1, 0.15) is 6.04 Å². The molecule has 4 aliphatic rings. The molecular weight excluding hydrogens is 286 g/mol. The molecule has 0 radical (unpaired) electrons. The highest BCUT2D eigenvalue weighted by Gasteiger charge is 2.40. The van der Waals surface area contributed by atoms with Gasteiger partial charge in [0.25, 0.3) is 0 Å². The van der Waals surface area contributed by atoms with Gasteiger partial charge in [0.15, 0.2) is 0 Å². The van der Waals surface area contributed by atoms with Crippen LogP contribution in [0.5, 0.6) is 0 Å². The number of amides is 1. The van der Waals surface area contributed by atoms with Crippen molar-refractivity contribution < 1.29 is 4.79 Å². The lowest BCUT2D eigenvalue weighted by atomic mass is 9.64. The maximum atomic E-state index is 12.8. The van der Waals surface area contributed by atoms with Crippen LogP contribution in [0.2, 0.25) is 0 Å². The monoisotopic (exact) mass is 313 g/mol. The Morgan fingerprint density at radius 2 is 1.91 bits per heavy atom. The minimum absolute atomic E-state index is 0.0548. The zero-order chi connectivity index (χ0) is 15.7. The zero-order valence-corrected chi connectivity index (χ0v) is 13.8. The summed E-state index contributed by atoms with van der Waals surface area (Å²) in [4.78, 5) is 17.6. The maximum Gasteiger partial charge on any atom is 0.238 e. The minimum Gasteiger partial charge on any atom is -0.354 e. The Kier molecular flexibility index (Phi) is 4.12. The van der Waals surface area contributed by atoms with Crippen LogP contribution in [0.25, 0.3) is 0 Å². The molecule has 3 atom stereocenters. The Hall–Kier alpha value is -1.39. The number of nitrogens with zero attached hydrogens (tertiary/aromatic N) is 2. The van der Waals surface area contributed by atoms with Crippen molar-refractivity contribution in [2.75, 3.05) is 39.3 Å². The quantitative estimate of drug-likeness (QED) is 0.917. The summed E-state index contributed by atoms with van der Waals surface area (Å²) < 4.78 is 0. The van der Waals surface area contributed by atoms with Crippen LogP contribution in [0.15, 0.2) is 30.3 Å². The van der Waals surface area contributed by atoms with E-state index in [1.807, 2.05) is 0 Å². The normalized spacial score (nSPS) is 31.9. The van der Waals surface area contributed by atoms with E-state index in [1.165, 1.54) is 31.2 Å². The minimum atomic E-state index is 0.0548. The lowest BCUT2D eigenvalue weighted by Crippen LogP contribution is -2.58. The topological polar surface area (TPSA) is 35.6 Å². The standard InChI is InChI=1S/C19H27N3O/c23-18(17-14-21-10-5-11-22(17)13-12-21)20-15-19(8-4-9-19)16-6-2-1-3-7-16/h1-3,6-7,17H,4-5,8-15H2,(H,20,23)/t17-/m0/s1. The molecule has 3 heterocycles. The van der Waals surface area contributed by atoms with Crippen LogP contribution in [0.4, 0.5) is 0 Å². The number of hydrogen-bond acceptors (Lipinski definition) is 3. The van der Waals surface area contributed by atoms with Gasteiger partial charge in [0.2, 0.25) is 5.91 Å². The van der Waals surface area contributed by atoms with E-state index in [-0.39, 0.29) is 17.4 Å². The molecular formula is C19H27N3O. The molecule has 4 fully saturated rings. The van der Waals surface area contributed by atoms with Gasteiger partial charge in [-0.2, -0.15) is 0 Å². The first-order valence-electron chi connectivity index (χ1n) is 9.07. The van der Waals surface area contributed by atoms with E-state index in [1.54, 1.807) is 0 Å². The van der Waals surface area contributed by atoms with Gasteiger partial charge in [-0.25, -0.2) is 0 Å². The zero-order valence-electron chi connectivity index (χ0n) is 13.8. The fraction of sp³-hybridized carbons (Fsp3) is 0.632. The van der Waals surface area contributed by atoms with E-state index in [0.717, 1.165) is 39.3 Å². The van der Waals surface area contributed by atoms with Crippen molar-refractivity contribution in [2.24, 2.45) is 0 Å². The molecule has 1 N–H and O–H groups in total. The summed E-state index contributed by atoms with van der Waals surface area (Å²) in [6.45, 7) is 6.08. The molecule has 1 saturated carbocycles. The predicted molar refractivity (Wildman–Crippen MR) is 91.4 cm³/mol. The van der Waals surface area contributed by atoms with Crippen molar-refractivity contribution in [1.29, 1.82) is 0 Å². The second kappa shape index (κ2) is 6.25. The van der Waals surface area contributed by atoms with Gasteiger partial charge in [-0.05, 0) is 31.4 Å². The second-order valence-electron chi connectivity index (χ2n) is 7.42. The third kappa shape index (κ3) is 2.90. The van der Waals surface area contributed by atoms with Gasteiger partial charge < -0.3 is 5.32 Å². The van der Waals surface area contributed by atoms with Crippen LogP contribution in [-0.2, 0) is 10.2 Å². The summed E-state index contributed by atoms with van der Waals surface area (Å²) in [5, 5.41) is 3.30. The molecule has 4 nitrogen and oxygen atoms in total. The van der Waals surface area contributed by atoms with Gasteiger partial charge in [-0.15, -0.1) is 0 Å². The molecule has 4 heteroatoms. The highest BCUT2D eigenvalue weighted by molar-refractivity contribution is 5.82. The number of nitrogens with one attached hydrogen (secondary N) is 1.